The van der Waals surface area contributed by atoms with Crippen LogP contribution in [0.1, 0.15) is 33.1 Å². The maximum atomic E-state index is 12.7. The van der Waals surface area contributed by atoms with Crippen molar-refractivity contribution in [2.24, 2.45) is 5.92 Å². The molecule has 0 N–H and O–H groups in total. The van der Waals surface area contributed by atoms with Gasteiger partial charge in [0.05, 0.1) is 0 Å². The van der Waals surface area contributed by atoms with Gasteiger partial charge in [-0.3, -0.25) is 14.5 Å². The highest BCUT2D eigenvalue weighted by molar-refractivity contribution is 5.81. The number of carbonyl (C=O) groups excluding carboxylic acids is 2. The second-order valence-electron chi connectivity index (χ2n) is 6.42. The number of likely N-dealkylation sites (tertiary alicyclic amines) is 1. The summed E-state index contributed by atoms with van der Waals surface area (Å²) in [6.45, 7) is 8.48. The van der Waals surface area contributed by atoms with Gasteiger partial charge in [0.15, 0.2) is 0 Å². The van der Waals surface area contributed by atoms with E-state index in [2.05, 4.69) is 16.7 Å². The molecule has 2 bridgehead atoms. The molecule has 5 heteroatoms. The van der Waals surface area contributed by atoms with Crippen LogP contribution in [0.3, 0.4) is 0 Å². The van der Waals surface area contributed by atoms with Crippen LogP contribution < -0.4 is 0 Å². The number of hydrogen-bond acceptors (Lipinski definition) is 3. The monoisotopic (exact) mass is 279 g/mol. The molecule has 4 saturated heterocycles. The smallest absolute Gasteiger partial charge is 0.226 e. The van der Waals surface area contributed by atoms with Gasteiger partial charge in [0.2, 0.25) is 11.8 Å². The van der Waals surface area contributed by atoms with Gasteiger partial charge < -0.3 is 9.80 Å². The quantitative estimate of drug-likeness (QED) is 0.741. The molecule has 0 radical (unpaired) electrons. The minimum Gasteiger partial charge on any atom is -0.343 e. The average molecular weight is 279 g/mol. The summed E-state index contributed by atoms with van der Waals surface area (Å²) < 4.78 is 0. The third-order valence-electron chi connectivity index (χ3n) is 5.26. The minimum atomic E-state index is 0.135. The number of amides is 2. The van der Waals surface area contributed by atoms with Gasteiger partial charge in [-0.25, -0.2) is 0 Å². The summed E-state index contributed by atoms with van der Waals surface area (Å²) in [5.41, 5.74) is 0. The number of hydrogen-bond donors (Lipinski definition) is 0. The molecule has 4 aliphatic rings. The Hall–Kier alpha value is -1.10. The number of carbonyl (C=O) groups is 2. The predicted octanol–water partition coefficient (Wildman–Crippen LogP) is 0.550. The fourth-order valence-electron chi connectivity index (χ4n) is 3.97. The van der Waals surface area contributed by atoms with Crippen molar-refractivity contribution in [3.05, 3.63) is 0 Å². The van der Waals surface area contributed by atoms with Crippen molar-refractivity contribution in [2.45, 2.75) is 45.2 Å². The molecule has 4 rings (SSSR count). The van der Waals surface area contributed by atoms with E-state index < -0.39 is 0 Å². The van der Waals surface area contributed by atoms with Crippen LogP contribution in [-0.4, -0.2) is 71.3 Å². The molecular weight excluding hydrogens is 254 g/mol. The lowest BCUT2D eigenvalue weighted by molar-refractivity contribution is -0.160. The summed E-state index contributed by atoms with van der Waals surface area (Å²) in [6.07, 6.45) is 2.87. The highest BCUT2D eigenvalue weighted by Crippen LogP contribution is 2.35. The van der Waals surface area contributed by atoms with E-state index in [0.717, 1.165) is 45.6 Å². The molecule has 0 aromatic rings. The molecule has 0 spiro atoms. The first-order valence-corrected chi connectivity index (χ1v) is 7.90. The molecule has 4 heterocycles. The number of likely N-dealkylation sites (N-methyl/N-ethyl adjacent to an activating group) is 1. The van der Waals surface area contributed by atoms with Crippen LogP contribution in [0.4, 0.5) is 0 Å². The fraction of sp³-hybridized carbons (Fsp3) is 0.867. The van der Waals surface area contributed by atoms with Crippen LogP contribution in [-0.2, 0) is 9.59 Å². The van der Waals surface area contributed by atoms with E-state index in [-0.39, 0.29) is 11.8 Å². The van der Waals surface area contributed by atoms with Crippen LogP contribution in [0.5, 0.6) is 0 Å². The Morgan fingerprint density at radius 3 is 2.20 bits per heavy atom. The Balaban J connectivity index is 1.55. The third-order valence-corrected chi connectivity index (χ3v) is 5.26. The van der Waals surface area contributed by atoms with Gasteiger partial charge in [-0.2, -0.15) is 0 Å². The van der Waals surface area contributed by atoms with Crippen LogP contribution in [0.15, 0.2) is 0 Å². The van der Waals surface area contributed by atoms with Crippen LogP contribution in [0.25, 0.3) is 0 Å². The Kier molecular flexibility index (Phi) is 3.71. The van der Waals surface area contributed by atoms with Gasteiger partial charge in [-0.1, -0.05) is 6.92 Å². The van der Waals surface area contributed by atoms with Crippen molar-refractivity contribution in [1.29, 1.82) is 0 Å². The van der Waals surface area contributed by atoms with E-state index in [1.54, 1.807) is 6.92 Å². The van der Waals surface area contributed by atoms with Crippen molar-refractivity contribution in [1.82, 2.24) is 14.7 Å². The number of piperazine rings is 1. The van der Waals surface area contributed by atoms with E-state index >= 15 is 0 Å². The van der Waals surface area contributed by atoms with Gasteiger partial charge in [-0.15, -0.1) is 0 Å². The van der Waals surface area contributed by atoms with E-state index in [1.165, 1.54) is 6.42 Å². The molecule has 0 aliphatic carbocycles. The van der Waals surface area contributed by atoms with E-state index in [9.17, 15) is 9.59 Å². The molecule has 20 heavy (non-hydrogen) atoms. The summed E-state index contributed by atoms with van der Waals surface area (Å²) in [5.74, 6) is 0.629. The van der Waals surface area contributed by atoms with Crippen molar-refractivity contribution in [2.75, 3.05) is 32.7 Å². The molecule has 2 atom stereocenters. The fourth-order valence-corrected chi connectivity index (χ4v) is 3.97. The van der Waals surface area contributed by atoms with Crippen molar-refractivity contribution < 1.29 is 9.59 Å². The standard InChI is InChI=1S/C15H25N3O2/c1-3-16-9-13-8-14(10-16)18(13)15(20)12-4-6-17(7-5-12)11(2)19/h12-14H,3-10H2,1-2H3. The molecule has 2 amide bonds. The van der Waals surface area contributed by atoms with Gasteiger partial charge in [0.1, 0.15) is 0 Å². The second kappa shape index (κ2) is 5.35. The summed E-state index contributed by atoms with van der Waals surface area (Å²) >= 11 is 0. The lowest BCUT2D eigenvalue weighted by Crippen LogP contribution is -2.71. The topological polar surface area (TPSA) is 43.9 Å². The summed E-state index contributed by atoms with van der Waals surface area (Å²) in [5, 5.41) is 0. The van der Waals surface area contributed by atoms with Crippen LogP contribution >= 0.6 is 0 Å². The minimum absolute atomic E-state index is 0.135. The molecule has 112 valence electrons. The zero-order chi connectivity index (χ0) is 14.3. The Bertz CT molecular complexity index is 392. The largest absolute Gasteiger partial charge is 0.343 e. The molecule has 0 saturated carbocycles. The van der Waals surface area contributed by atoms with Crippen LogP contribution in [0, 0.1) is 5.92 Å². The summed E-state index contributed by atoms with van der Waals surface area (Å²) in [4.78, 5) is 30.5. The molecule has 0 aromatic carbocycles. The number of piperidine rings is 2. The van der Waals surface area contributed by atoms with E-state index in [1.807, 2.05) is 4.90 Å². The van der Waals surface area contributed by atoms with E-state index in [0.29, 0.717) is 18.0 Å². The lowest BCUT2D eigenvalue weighted by atomic mass is 9.84. The second-order valence-corrected chi connectivity index (χ2v) is 6.42. The first-order chi connectivity index (χ1) is 9.60. The number of rotatable bonds is 2. The van der Waals surface area contributed by atoms with Crippen molar-refractivity contribution in [3.8, 4) is 0 Å². The highest BCUT2D eigenvalue weighted by Gasteiger charge is 2.48. The Morgan fingerprint density at radius 2 is 1.70 bits per heavy atom. The lowest BCUT2D eigenvalue weighted by Gasteiger charge is -2.57. The normalized spacial score (nSPS) is 31.1. The first kappa shape index (κ1) is 13.9. The zero-order valence-electron chi connectivity index (χ0n) is 12.5. The van der Waals surface area contributed by atoms with E-state index in [4.69, 9.17) is 0 Å². The van der Waals surface area contributed by atoms with Gasteiger partial charge in [0, 0.05) is 51.1 Å². The van der Waals surface area contributed by atoms with Gasteiger partial charge >= 0.3 is 0 Å². The molecule has 4 fully saturated rings. The summed E-state index contributed by atoms with van der Waals surface area (Å²) in [7, 11) is 0. The molecule has 4 aliphatic heterocycles. The van der Waals surface area contributed by atoms with Gasteiger partial charge in [-0.05, 0) is 25.8 Å². The number of fused-ring (bicyclic) bond motifs is 2. The third kappa shape index (κ3) is 2.32. The Labute approximate surface area is 120 Å². The Morgan fingerprint density at radius 1 is 1.10 bits per heavy atom. The first-order valence-electron chi connectivity index (χ1n) is 7.90. The summed E-state index contributed by atoms with van der Waals surface area (Å²) in [6, 6.07) is 0.902. The maximum Gasteiger partial charge on any atom is 0.226 e. The van der Waals surface area contributed by atoms with Crippen LogP contribution in [0.2, 0.25) is 0 Å². The average Bonchev–Trinajstić information content (AvgIpc) is 2.47. The molecule has 5 nitrogen and oxygen atoms in total. The van der Waals surface area contributed by atoms with Gasteiger partial charge in [0.25, 0.3) is 0 Å². The highest BCUT2D eigenvalue weighted by atomic mass is 16.2. The predicted molar refractivity (Wildman–Crippen MR) is 76.1 cm³/mol. The number of nitrogens with zero attached hydrogens (tertiary/aromatic N) is 3. The molecule has 2 unspecified atom stereocenters. The zero-order valence-corrected chi connectivity index (χ0v) is 12.5. The maximum absolute atomic E-state index is 12.7. The van der Waals surface area contributed by atoms with Crippen molar-refractivity contribution in [3.63, 3.8) is 0 Å². The van der Waals surface area contributed by atoms with Crippen molar-refractivity contribution >= 4 is 11.8 Å². The molecular formula is C15H25N3O2. The SMILES string of the molecule is CCN1CC2CC(C1)N2C(=O)C1CCN(C(C)=O)CC1. The molecule has 0 aromatic heterocycles.